The third-order valence-corrected chi connectivity index (χ3v) is 7.58. The summed E-state index contributed by atoms with van der Waals surface area (Å²) in [4.78, 5) is 27.2. The Morgan fingerprint density at radius 1 is 1.19 bits per heavy atom. The lowest BCUT2D eigenvalue weighted by atomic mass is 9.71. The van der Waals surface area contributed by atoms with Crippen LogP contribution in [0.5, 0.6) is 0 Å². The SMILES string of the molecule is CCC(=O)N[C@H]1c2ccccc2C2(CCN(C(=O)Cc3ccsc3)CC2)[C@@H]1OCCOC. The Bertz CT molecular complexity index is 922. The van der Waals surface area contributed by atoms with Gasteiger partial charge in [-0.05, 0) is 46.4 Å². The fourth-order valence-corrected chi connectivity index (χ4v) is 5.86. The number of methoxy groups -OCH3 is 1. The van der Waals surface area contributed by atoms with Crippen LogP contribution in [0.1, 0.15) is 48.9 Å². The van der Waals surface area contributed by atoms with Gasteiger partial charge in [-0.15, -0.1) is 0 Å². The van der Waals surface area contributed by atoms with Gasteiger partial charge in [0, 0.05) is 32.0 Å². The van der Waals surface area contributed by atoms with Crippen molar-refractivity contribution in [3.8, 4) is 0 Å². The smallest absolute Gasteiger partial charge is 0.227 e. The highest BCUT2D eigenvalue weighted by molar-refractivity contribution is 7.08. The molecular formula is C25H32N2O4S. The van der Waals surface area contributed by atoms with E-state index in [1.54, 1.807) is 18.4 Å². The van der Waals surface area contributed by atoms with Crippen LogP contribution in [0.25, 0.3) is 0 Å². The molecule has 1 aromatic heterocycles. The average Bonchev–Trinajstić information content (AvgIpc) is 3.41. The molecule has 4 rings (SSSR count). The molecule has 1 spiro atoms. The summed E-state index contributed by atoms with van der Waals surface area (Å²) in [5, 5.41) is 7.26. The molecule has 0 radical (unpaired) electrons. The summed E-state index contributed by atoms with van der Waals surface area (Å²) >= 11 is 1.62. The summed E-state index contributed by atoms with van der Waals surface area (Å²) in [5.41, 5.74) is 3.23. The van der Waals surface area contributed by atoms with E-state index in [2.05, 4.69) is 23.5 Å². The first-order valence-electron chi connectivity index (χ1n) is 11.4. The zero-order valence-electron chi connectivity index (χ0n) is 18.8. The van der Waals surface area contributed by atoms with E-state index in [4.69, 9.17) is 9.47 Å². The molecule has 0 saturated carbocycles. The van der Waals surface area contributed by atoms with Crippen molar-refractivity contribution in [2.24, 2.45) is 0 Å². The number of amides is 2. The van der Waals surface area contributed by atoms with Crippen molar-refractivity contribution in [2.75, 3.05) is 33.4 Å². The Labute approximate surface area is 193 Å². The highest BCUT2D eigenvalue weighted by Crippen LogP contribution is 2.52. The molecule has 1 aromatic carbocycles. The van der Waals surface area contributed by atoms with Crippen molar-refractivity contribution in [1.82, 2.24) is 10.2 Å². The average molecular weight is 457 g/mol. The molecule has 0 bridgehead atoms. The van der Waals surface area contributed by atoms with Gasteiger partial charge in [0.15, 0.2) is 0 Å². The number of benzene rings is 1. The topological polar surface area (TPSA) is 67.9 Å². The van der Waals surface area contributed by atoms with Crippen molar-refractivity contribution in [3.05, 3.63) is 57.8 Å². The maximum Gasteiger partial charge on any atom is 0.227 e. The van der Waals surface area contributed by atoms with Crippen LogP contribution in [-0.2, 0) is 30.9 Å². The van der Waals surface area contributed by atoms with E-state index in [0.29, 0.717) is 39.1 Å². The van der Waals surface area contributed by atoms with Crippen molar-refractivity contribution < 1.29 is 19.1 Å². The highest BCUT2D eigenvalue weighted by Gasteiger charge is 2.54. The van der Waals surface area contributed by atoms with Crippen molar-refractivity contribution >= 4 is 23.2 Å². The molecule has 0 unspecified atom stereocenters. The molecule has 1 saturated heterocycles. The number of rotatable bonds is 8. The second kappa shape index (κ2) is 10.1. The Kier molecular flexibility index (Phi) is 7.28. The number of piperidine rings is 1. The molecular weight excluding hydrogens is 424 g/mol. The number of thiophene rings is 1. The molecule has 1 fully saturated rings. The molecule has 32 heavy (non-hydrogen) atoms. The van der Waals surface area contributed by atoms with Crippen molar-refractivity contribution in [2.45, 2.75) is 50.2 Å². The number of nitrogens with zero attached hydrogens (tertiary/aromatic N) is 1. The predicted molar refractivity (Wildman–Crippen MR) is 125 cm³/mol. The quantitative estimate of drug-likeness (QED) is 0.618. The Morgan fingerprint density at radius 3 is 2.66 bits per heavy atom. The minimum atomic E-state index is -0.227. The van der Waals surface area contributed by atoms with Gasteiger partial charge in [-0.3, -0.25) is 9.59 Å². The molecule has 2 aromatic rings. The summed E-state index contributed by atoms with van der Waals surface area (Å²) < 4.78 is 11.6. The summed E-state index contributed by atoms with van der Waals surface area (Å²) in [6, 6.07) is 10.2. The number of nitrogens with one attached hydrogen (secondary N) is 1. The number of fused-ring (bicyclic) bond motifs is 2. The maximum atomic E-state index is 12.9. The van der Waals surface area contributed by atoms with Crippen LogP contribution in [0.15, 0.2) is 41.1 Å². The molecule has 2 atom stereocenters. The largest absolute Gasteiger partial charge is 0.382 e. The van der Waals surface area contributed by atoms with Crippen molar-refractivity contribution in [1.29, 1.82) is 0 Å². The maximum absolute atomic E-state index is 12.9. The third-order valence-electron chi connectivity index (χ3n) is 6.85. The van der Waals surface area contributed by atoms with Gasteiger partial charge in [-0.1, -0.05) is 31.2 Å². The fraction of sp³-hybridized carbons (Fsp3) is 0.520. The molecule has 1 aliphatic carbocycles. The second-order valence-electron chi connectivity index (χ2n) is 8.62. The van der Waals surface area contributed by atoms with Crippen LogP contribution < -0.4 is 5.32 Å². The number of ether oxygens (including phenoxy) is 2. The van der Waals surface area contributed by atoms with Crippen LogP contribution >= 0.6 is 11.3 Å². The minimum Gasteiger partial charge on any atom is -0.382 e. The van der Waals surface area contributed by atoms with Gasteiger partial charge in [0.1, 0.15) is 0 Å². The number of carbonyl (C=O) groups is 2. The second-order valence-corrected chi connectivity index (χ2v) is 9.40. The van der Waals surface area contributed by atoms with Crippen LogP contribution in [0, 0.1) is 0 Å². The molecule has 2 amide bonds. The zero-order chi connectivity index (χ0) is 22.6. The Morgan fingerprint density at radius 2 is 1.97 bits per heavy atom. The van der Waals surface area contributed by atoms with E-state index in [1.807, 2.05) is 34.7 Å². The van der Waals surface area contributed by atoms with Gasteiger partial charge in [0.25, 0.3) is 0 Å². The first kappa shape index (κ1) is 23.0. The van der Waals surface area contributed by atoms with Crippen LogP contribution in [0.2, 0.25) is 0 Å². The first-order valence-corrected chi connectivity index (χ1v) is 12.3. The first-order chi connectivity index (χ1) is 15.6. The number of hydrogen-bond acceptors (Lipinski definition) is 5. The van der Waals surface area contributed by atoms with E-state index < -0.39 is 0 Å². The van der Waals surface area contributed by atoms with Crippen LogP contribution in [-0.4, -0.2) is 56.2 Å². The van der Waals surface area contributed by atoms with Gasteiger partial charge < -0.3 is 19.7 Å². The lowest BCUT2D eigenvalue weighted by Crippen LogP contribution is -2.52. The van der Waals surface area contributed by atoms with Crippen LogP contribution in [0.4, 0.5) is 0 Å². The molecule has 6 nitrogen and oxygen atoms in total. The van der Waals surface area contributed by atoms with Gasteiger partial charge in [-0.25, -0.2) is 0 Å². The summed E-state index contributed by atoms with van der Waals surface area (Å²) in [5.74, 6) is 0.197. The van der Waals surface area contributed by atoms with E-state index >= 15 is 0 Å². The van der Waals surface area contributed by atoms with Crippen LogP contribution in [0.3, 0.4) is 0 Å². The molecule has 2 aliphatic rings. The van der Waals surface area contributed by atoms with Crippen molar-refractivity contribution in [3.63, 3.8) is 0 Å². The summed E-state index contributed by atoms with van der Waals surface area (Å²) in [6.45, 7) is 4.22. The zero-order valence-corrected chi connectivity index (χ0v) is 19.7. The third kappa shape index (κ3) is 4.47. The van der Waals surface area contributed by atoms with Gasteiger partial charge in [0.05, 0.1) is 31.8 Å². The molecule has 2 heterocycles. The molecule has 1 aliphatic heterocycles. The Balaban J connectivity index is 1.57. The lowest BCUT2D eigenvalue weighted by molar-refractivity contribution is -0.133. The summed E-state index contributed by atoms with van der Waals surface area (Å²) in [7, 11) is 1.66. The van der Waals surface area contributed by atoms with Gasteiger partial charge >= 0.3 is 0 Å². The molecule has 7 heteroatoms. The van der Waals surface area contributed by atoms with Gasteiger partial charge in [0.2, 0.25) is 11.8 Å². The van der Waals surface area contributed by atoms with E-state index in [0.717, 1.165) is 24.0 Å². The molecule has 172 valence electrons. The number of likely N-dealkylation sites (tertiary alicyclic amines) is 1. The highest BCUT2D eigenvalue weighted by atomic mass is 32.1. The van der Waals surface area contributed by atoms with E-state index in [9.17, 15) is 9.59 Å². The fourth-order valence-electron chi connectivity index (χ4n) is 5.19. The Hall–Kier alpha value is -2.22. The van der Waals surface area contributed by atoms with Gasteiger partial charge in [-0.2, -0.15) is 11.3 Å². The van der Waals surface area contributed by atoms with E-state index in [1.165, 1.54) is 5.56 Å². The monoisotopic (exact) mass is 456 g/mol. The number of carbonyl (C=O) groups excluding carboxylic acids is 2. The summed E-state index contributed by atoms with van der Waals surface area (Å²) in [6.07, 6.45) is 2.34. The lowest BCUT2D eigenvalue weighted by Gasteiger charge is -2.44. The predicted octanol–water partition coefficient (Wildman–Crippen LogP) is 3.46. The normalized spacial score (nSPS) is 21.5. The molecule has 1 N–H and O–H groups in total. The van der Waals surface area contributed by atoms with E-state index in [-0.39, 0.29) is 29.4 Å². The number of hydrogen-bond donors (Lipinski definition) is 1. The standard InChI is InChI=1S/C25H32N2O4S/c1-3-21(28)26-23-19-6-4-5-7-20(19)25(24(23)31-14-13-30-2)9-11-27(12-10-25)22(29)16-18-8-15-32-17-18/h4-8,15,17,23-24H,3,9-14,16H2,1-2H3,(H,26,28)/t23-,24+/m0/s1. The minimum absolute atomic E-state index is 0.0190.